The van der Waals surface area contributed by atoms with Gasteiger partial charge in [0.25, 0.3) is 0 Å². The van der Waals surface area contributed by atoms with E-state index in [9.17, 15) is 4.39 Å². The highest BCUT2D eigenvalue weighted by Gasteiger charge is 2.17. The van der Waals surface area contributed by atoms with Gasteiger partial charge in [0.05, 0.1) is 5.69 Å². The molecule has 0 amide bonds. The van der Waals surface area contributed by atoms with E-state index in [-0.39, 0.29) is 11.0 Å². The van der Waals surface area contributed by atoms with Gasteiger partial charge in [-0.1, -0.05) is 47.8 Å². The second-order valence-electron chi connectivity index (χ2n) is 4.83. The van der Waals surface area contributed by atoms with Gasteiger partial charge in [0.1, 0.15) is 16.1 Å². The van der Waals surface area contributed by atoms with Crippen molar-refractivity contribution in [3.8, 4) is 0 Å². The molecule has 0 N–H and O–H groups in total. The zero-order valence-corrected chi connectivity index (χ0v) is 13.8. The van der Waals surface area contributed by atoms with E-state index < -0.39 is 0 Å². The summed E-state index contributed by atoms with van der Waals surface area (Å²) < 4.78 is 15.6. The molecule has 0 unspecified atom stereocenters. The summed E-state index contributed by atoms with van der Waals surface area (Å²) in [5.74, 6) is -0.359. The van der Waals surface area contributed by atoms with Gasteiger partial charge in [0, 0.05) is 23.1 Å². The Morgan fingerprint density at radius 3 is 2.64 bits per heavy atom. The summed E-state index contributed by atoms with van der Waals surface area (Å²) in [6.45, 7) is 1.97. The SMILES string of the molecule is CCc1nn2c(Cl)cc(Cl)nc2c1Cc1ccc(Cl)cc1F. The maximum atomic E-state index is 14.1. The smallest absolute Gasteiger partial charge is 0.162 e. The zero-order chi connectivity index (χ0) is 15.9. The van der Waals surface area contributed by atoms with Crippen LogP contribution in [-0.2, 0) is 12.8 Å². The number of aryl methyl sites for hydroxylation is 1. The van der Waals surface area contributed by atoms with E-state index in [0.717, 1.165) is 11.3 Å². The highest BCUT2D eigenvalue weighted by atomic mass is 35.5. The Bertz CT molecular complexity index is 861. The molecule has 0 aliphatic rings. The Morgan fingerprint density at radius 1 is 1.18 bits per heavy atom. The number of fused-ring (bicyclic) bond motifs is 1. The normalized spacial score (nSPS) is 11.3. The fourth-order valence-corrected chi connectivity index (χ4v) is 2.98. The molecule has 0 aliphatic heterocycles. The highest BCUT2D eigenvalue weighted by molar-refractivity contribution is 6.33. The highest BCUT2D eigenvalue weighted by Crippen LogP contribution is 2.26. The molecular formula is C15H11Cl3FN3. The van der Waals surface area contributed by atoms with Crippen molar-refractivity contribution in [2.45, 2.75) is 19.8 Å². The molecule has 22 heavy (non-hydrogen) atoms. The number of halogens is 4. The maximum absolute atomic E-state index is 14.1. The first-order valence-electron chi connectivity index (χ1n) is 6.66. The van der Waals surface area contributed by atoms with Crippen LogP contribution in [-0.4, -0.2) is 14.6 Å². The number of hydrogen-bond donors (Lipinski definition) is 0. The molecule has 0 radical (unpaired) electrons. The topological polar surface area (TPSA) is 30.2 Å². The van der Waals surface area contributed by atoms with Crippen LogP contribution in [0.4, 0.5) is 4.39 Å². The number of benzene rings is 1. The lowest BCUT2D eigenvalue weighted by atomic mass is 10.0. The Hall–Kier alpha value is -1.36. The molecule has 2 heterocycles. The third-order valence-corrected chi connectivity index (χ3v) is 4.11. The number of hydrogen-bond acceptors (Lipinski definition) is 2. The molecule has 3 aromatic rings. The van der Waals surface area contributed by atoms with Crippen molar-refractivity contribution in [2.24, 2.45) is 0 Å². The van der Waals surface area contributed by atoms with E-state index in [1.165, 1.54) is 16.6 Å². The average Bonchev–Trinajstić information content (AvgIpc) is 2.80. The Morgan fingerprint density at radius 2 is 1.95 bits per heavy atom. The van der Waals surface area contributed by atoms with E-state index in [0.29, 0.717) is 34.2 Å². The van der Waals surface area contributed by atoms with Crippen LogP contribution in [0.25, 0.3) is 5.65 Å². The molecule has 0 spiro atoms. The summed E-state index contributed by atoms with van der Waals surface area (Å²) in [6, 6.07) is 6.13. The quantitative estimate of drug-likeness (QED) is 0.618. The minimum absolute atomic E-state index is 0.276. The van der Waals surface area contributed by atoms with Crippen molar-refractivity contribution < 1.29 is 4.39 Å². The van der Waals surface area contributed by atoms with E-state index in [1.54, 1.807) is 12.1 Å². The molecule has 0 saturated heterocycles. The van der Waals surface area contributed by atoms with Gasteiger partial charge >= 0.3 is 0 Å². The third kappa shape index (κ3) is 2.78. The predicted octanol–water partition coefficient (Wildman–Crippen LogP) is 4.98. The van der Waals surface area contributed by atoms with E-state index in [4.69, 9.17) is 34.8 Å². The molecule has 3 rings (SSSR count). The van der Waals surface area contributed by atoms with Crippen molar-refractivity contribution in [3.63, 3.8) is 0 Å². The van der Waals surface area contributed by atoms with E-state index in [2.05, 4.69) is 10.1 Å². The maximum Gasteiger partial charge on any atom is 0.162 e. The molecule has 0 saturated carbocycles. The predicted molar refractivity (Wildman–Crippen MR) is 86.6 cm³/mol. The lowest BCUT2D eigenvalue weighted by molar-refractivity contribution is 0.614. The lowest BCUT2D eigenvalue weighted by Crippen LogP contribution is -1.97. The number of rotatable bonds is 3. The number of nitrogens with zero attached hydrogens (tertiary/aromatic N) is 3. The molecule has 2 aromatic heterocycles. The Labute approximate surface area is 141 Å². The van der Waals surface area contributed by atoms with Crippen LogP contribution in [0.5, 0.6) is 0 Å². The van der Waals surface area contributed by atoms with Gasteiger partial charge in [-0.25, -0.2) is 13.9 Å². The van der Waals surface area contributed by atoms with E-state index in [1.807, 2.05) is 6.92 Å². The zero-order valence-electron chi connectivity index (χ0n) is 11.6. The van der Waals surface area contributed by atoms with Crippen molar-refractivity contribution in [1.82, 2.24) is 14.6 Å². The first kappa shape index (κ1) is 15.5. The van der Waals surface area contributed by atoms with Gasteiger partial charge < -0.3 is 0 Å². The van der Waals surface area contributed by atoms with Gasteiger partial charge in [-0.05, 0) is 24.1 Å². The van der Waals surface area contributed by atoms with Crippen LogP contribution in [0.3, 0.4) is 0 Å². The van der Waals surface area contributed by atoms with E-state index >= 15 is 0 Å². The third-order valence-electron chi connectivity index (χ3n) is 3.41. The fraction of sp³-hybridized carbons (Fsp3) is 0.200. The van der Waals surface area contributed by atoms with Crippen LogP contribution in [0.1, 0.15) is 23.7 Å². The molecule has 3 nitrogen and oxygen atoms in total. The Balaban J connectivity index is 2.16. The Kier molecular flexibility index (Phi) is 4.26. The summed E-state index contributed by atoms with van der Waals surface area (Å²) >= 11 is 17.9. The molecule has 1 aromatic carbocycles. The van der Waals surface area contributed by atoms with Crippen LogP contribution in [0.2, 0.25) is 15.3 Å². The van der Waals surface area contributed by atoms with Crippen LogP contribution >= 0.6 is 34.8 Å². The second kappa shape index (κ2) is 6.03. The molecule has 0 fully saturated rings. The summed E-state index contributed by atoms with van der Waals surface area (Å²) in [4.78, 5) is 4.28. The summed E-state index contributed by atoms with van der Waals surface area (Å²) in [5, 5.41) is 5.44. The average molecular weight is 359 g/mol. The summed E-state index contributed by atoms with van der Waals surface area (Å²) in [6.07, 6.45) is 1.03. The van der Waals surface area contributed by atoms with Gasteiger partial charge in [-0.15, -0.1) is 0 Å². The molecule has 0 atom stereocenters. The minimum Gasteiger partial charge on any atom is -0.216 e. The van der Waals surface area contributed by atoms with Crippen LogP contribution < -0.4 is 0 Å². The summed E-state index contributed by atoms with van der Waals surface area (Å²) in [5.41, 5.74) is 2.69. The van der Waals surface area contributed by atoms with Crippen molar-refractivity contribution >= 4 is 40.4 Å². The summed E-state index contributed by atoms with van der Waals surface area (Å²) in [7, 11) is 0. The van der Waals surface area contributed by atoms with Gasteiger partial charge in [-0.3, -0.25) is 0 Å². The van der Waals surface area contributed by atoms with Gasteiger partial charge in [-0.2, -0.15) is 5.10 Å². The van der Waals surface area contributed by atoms with Crippen molar-refractivity contribution in [1.29, 1.82) is 0 Å². The molecule has 0 aliphatic carbocycles. The van der Waals surface area contributed by atoms with Gasteiger partial charge in [0.15, 0.2) is 5.65 Å². The lowest BCUT2D eigenvalue weighted by Gasteiger charge is -2.05. The molecule has 0 bridgehead atoms. The molecular weight excluding hydrogens is 348 g/mol. The van der Waals surface area contributed by atoms with Crippen LogP contribution in [0, 0.1) is 5.82 Å². The first-order chi connectivity index (χ1) is 10.5. The van der Waals surface area contributed by atoms with Crippen molar-refractivity contribution in [2.75, 3.05) is 0 Å². The minimum atomic E-state index is -0.359. The fourth-order valence-electron chi connectivity index (χ4n) is 2.36. The largest absolute Gasteiger partial charge is 0.216 e. The molecule has 114 valence electrons. The standard InChI is InChI=1S/C15H11Cl3FN3/c1-2-12-10(5-8-3-4-9(16)6-11(8)19)15-20-13(17)7-14(18)22(15)21-12/h3-4,6-7H,2,5H2,1H3. The van der Waals surface area contributed by atoms with Crippen molar-refractivity contribution in [3.05, 3.63) is 62.2 Å². The number of aromatic nitrogens is 3. The monoisotopic (exact) mass is 357 g/mol. The first-order valence-corrected chi connectivity index (χ1v) is 7.79. The second-order valence-corrected chi connectivity index (χ2v) is 6.04. The molecule has 7 heteroatoms. The van der Waals surface area contributed by atoms with Crippen LogP contribution in [0.15, 0.2) is 24.3 Å². The van der Waals surface area contributed by atoms with Gasteiger partial charge in [0.2, 0.25) is 0 Å².